The van der Waals surface area contributed by atoms with Crippen molar-refractivity contribution in [1.82, 2.24) is 0 Å². The molecular weight excluding hydrogens is 326 g/mol. The summed E-state index contributed by atoms with van der Waals surface area (Å²) in [5.41, 5.74) is 1.19. The quantitative estimate of drug-likeness (QED) is 0.705. The fraction of sp³-hybridized carbons (Fsp3) is 0.0588. The van der Waals surface area contributed by atoms with Crippen molar-refractivity contribution >= 4 is 32.2 Å². The minimum absolute atomic E-state index is 0.00101. The Labute approximate surface area is 139 Å². The SMILES string of the molecule is Cc1ccc(N=Nc2c(O)ccc3ccccc23)cc1S(N)(=O)=O. The molecule has 0 saturated heterocycles. The van der Waals surface area contributed by atoms with E-state index in [2.05, 4.69) is 10.2 Å². The Balaban J connectivity index is 2.08. The molecule has 0 saturated carbocycles. The van der Waals surface area contributed by atoms with E-state index in [1.54, 1.807) is 31.2 Å². The second-order valence-electron chi connectivity index (χ2n) is 5.35. The van der Waals surface area contributed by atoms with E-state index in [0.717, 1.165) is 10.8 Å². The zero-order valence-corrected chi connectivity index (χ0v) is 13.7. The van der Waals surface area contributed by atoms with E-state index in [0.29, 0.717) is 16.9 Å². The molecule has 122 valence electrons. The Kier molecular flexibility index (Phi) is 4.04. The number of aromatic hydroxyl groups is 1. The van der Waals surface area contributed by atoms with Crippen LogP contribution in [-0.4, -0.2) is 13.5 Å². The predicted octanol–water partition coefficient (Wildman–Crippen LogP) is 3.92. The van der Waals surface area contributed by atoms with E-state index in [-0.39, 0.29) is 10.6 Å². The number of sulfonamides is 1. The molecule has 0 radical (unpaired) electrons. The first-order chi connectivity index (χ1) is 11.4. The molecule has 3 N–H and O–H groups in total. The van der Waals surface area contributed by atoms with Gasteiger partial charge in [-0.1, -0.05) is 36.4 Å². The van der Waals surface area contributed by atoms with Crippen LogP contribution >= 0.6 is 0 Å². The van der Waals surface area contributed by atoms with E-state index in [4.69, 9.17) is 5.14 Å². The fourth-order valence-corrected chi connectivity index (χ4v) is 3.22. The highest BCUT2D eigenvalue weighted by Crippen LogP contribution is 2.36. The lowest BCUT2D eigenvalue weighted by Crippen LogP contribution is -2.13. The number of fused-ring (bicyclic) bond motifs is 1. The van der Waals surface area contributed by atoms with E-state index >= 15 is 0 Å². The molecule has 6 nitrogen and oxygen atoms in total. The third kappa shape index (κ3) is 3.12. The second kappa shape index (κ2) is 6.03. The van der Waals surface area contributed by atoms with Gasteiger partial charge in [0.05, 0.1) is 10.6 Å². The van der Waals surface area contributed by atoms with E-state index in [1.165, 1.54) is 6.07 Å². The van der Waals surface area contributed by atoms with Crippen molar-refractivity contribution in [2.45, 2.75) is 11.8 Å². The number of nitrogens with zero attached hydrogens (tertiary/aromatic N) is 2. The molecule has 3 aromatic carbocycles. The summed E-state index contributed by atoms with van der Waals surface area (Å²) in [5, 5.41) is 25.0. The molecule has 0 aliphatic heterocycles. The highest BCUT2D eigenvalue weighted by atomic mass is 32.2. The van der Waals surface area contributed by atoms with Crippen molar-refractivity contribution < 1.29 is 13.5 Å². The third-order valence-corrected chi connectivity index (χ3v) is 4.68. The number of rotatable bonds is 3. The summed E-state index contributed by atoms with van der Waals surface area (Å²) in [5.74, 6) is -0.00349. The normalized spacial score (nSPS) is 12.1. The van der Waals surface area contributed by atoms with Crippen molar-refractivity contribution in [2.24, 2.45) is 15.4 Å². The predicted molar refractivity (Wildman–Crippen MR) is 92.3 cm³/mol. The number of hydrogen-bond acceptors (Lipinski definition) is 5. The van der Waals surface area contributed by atoms with Crippen LogP contribution in [0.2, 0.25) is 0 Å². The van der Waals surface area contributed by atoms with Gasteiger partial charge in [0.25, 0.3) is 0 Å². The summed E-state index contributed by atoms with van der Waals surface area (Å²) in [6.07, 6.45) is 0. The Morgan fingerprint density at radius 1 is 1.00 bits per heavy atom. The van der Waals surface area contributed by atoms with Crippen LogP contribution in [0.3, 0.4) is 0 Å². The van der Waals surface area contributed by atoms with Crippen LogP contribution in [0.1, 0.15) is 5.56 Å². The van der Waals surface area contributed by atoms with Gasteiger partial charge in [-0.25, -0.2) is 13.6 Å². The Morgan fingerprint density at radius 3 is 2.50 bits per heavy atom. The number of primary sulfonamides is 1. The topological polar surface area (TPSA) is 105 Å². The molecule has 24 heavy (non-hydrogen) atoms. The summed E-state index contributed by atoms with van der Waals surface area (Å²) in [7, 11) is -3.83. The molecule has 7 heteroatoms. The molecule has 0 unspecified atom stereocenters. The van der Waals surface area contributed by atoms with Gasteiger partial charge >= 0.3 is 0 Å². The summed E-state index contributed by atoms with van der Waals surface area (Å²) in [4.78, 5) is 0.00101. The maximum atomic E-state index is 11.6. The van der Waals surface area contributed by atoms with Gasteiger partial charge in [0.2, 0.25) is 10.0 Å². The fourth-order valence-electron chi connectivity index (χ4n) is 2.41. The number of phenolic OH excluding ortho intramolecular Hbond substituents is 1. The lowest BCUT2D eigenvalue weighted by molar-refractivity contribution is 0.477. The first kappa shape index (κ1) is 16.1. The zero-order chi connectivity index (χ0) is 17.3. The molecule has 3 aromatic rings. The molecule has 0 fully saturated rings. The number of aryl methyl sites for hydroxylation is 1. The first-order valence-electron chi connectivity index (χ1n) is 7.12. The van der Waals surface area contributed by atoms with Crippen LogP contribution in [0.25, 0.3) is 10.8 Å². The van der Waals surface area contributed by atoms with Crippen LogP contribution < -0.4 is 5.14 Å². The van der Waals surface area contributed by atoms with Gasteiger partial charge in [-0.2, -0.15) is 5.11 Å². The maximum absolute atomic E-state index is 11.6. The highest BCUT2D eigenvalue weighted by molar-refractivity contribution is 7.89. The molecule has 0 aromatic heterocycles. The average Bonchev–Trinajstić information content (AvgIpc) is 2.54. The minimum Gasteiger partial charge on any atom is -0.506 e. The van der Waals surface area contributed by atoms with Crippen molar-refractivity contribution in [1.29, 1.82) is 0 Å². The Morgan fingerprint density at radius 2 is 1.75 bits per heavy atom. The summed E-state index contributed by atoms with van der Waals surface area (Å²) < 4.78 is 23.1. The summed E-state index contributed by atoms with van der Waals surface area (Å²) in [6.45, 7) is 1.65. The van der Waals surface area contributed by atoms with Crippen molar-refractivity contribution in [2.75, 3.05) is 0 Å². The first-order valence-corrected chi connectivity index (χ1v) is 8.67. The van der Waals surface area contributed by atoms with Gasteiger partial charge in [0.1, 0.15) is 11.4 Å². The molecule has 0 atom stereocenters. The zero-order valence-electron chi connectivity index (χ0n) is 12.8. The van der Waals surface area contributed by atoms with Crippen LogP contribution in [-0.2, 0) is 10.0 Å². The van der Waals surface area contributed by atoms with E-state index in [1.807, 2.05) is 24.3 Å². The van der Waals surface area contributed by atoms with Gasteiger partial charge < -0.3 is 5.11 Å². The van der Waals surface area contributed by atoms with Crippen molar-refractivity contribution in [3.8, 4) is 5.75 Å². The third-order valence-electron chi connectivity index (χ3n) is 3.62. The van der Waals surface area contributed by atoms with E-state index < -0.39 is 10.0 Å². The van der Waals surface area contributed by atoms with Crippen LogP contribution in [0, 0.1) is 6.92 Å². The molecule has 0 amide bonds. The number of hydrogen-bond donors (Lipinski definition) is 2. The number of azo groups is 1. The number of phenols is 1. The van der Waals surface area contributed by atoms with Gasteiger partial charge in [0, 0.05) is 5.39 Å². The molecule has 3 rings (SSSR count). The van der Waals surface area contributed by atoms with Crippen molar-refractivity contribution in [3.05, 3.63) is 60.2 Å². The standard InChI is InChI=1S/C17H15N3O3S/c1-11-6-8-13(10-16(11)24(18,22)23)19-20-17-14-5-3-2-4-12(14)7-9-15(17)21/h2-10,21H,1H3,(H2,18,22,23). The second-order valence-corrected chi connectivity index (χ2v) is 6.88. The molecular formula is C17H15N3O3S. The van der Waals surface area contributed by atoms with Crippen LogP contribution in [0.5, 0.6) is 5.75 Å². The summed E-state index contributed by atoms with van der Waals surface area (Å²) in [6, 6.07) is 15.4. The van der Waals surface area contributed by atoms with Crippen LogP contribution in [0.15, 0.2) is 69.7 Å². The van der Waals surface area contributed by atoms with Gasteiger partial charge in [-0.05, 0) is 36.1 Å². The number of nitrogens with two attached hydrogens (primary N) is 1. The smallest absolute Gasteiger partial charge is 0.238 e. The Bertz CT molecular complexity index is 1060. The molecule has 0 bridgehead atoms. The Hall–Kier alpha value is -2.77. The number of benzene rings is 3. The highest BCUT2D eigenvalue weighted by Gasteiger charge is 2.12. The van der Waals surface area contributed by atoms with Crippen molar-refractivity contribution in [3.63, 3.8) is 0 Å². The molecule has 0 heterocycles. The average molecular weight is 341 g/mol. The minimum atomic E-state index is -3.83. The maximum Gasteiger partial charge on any atom is 0.238 e. The van der Waals surface area contributed by atoms with Gasteiger partial charge in [0.15, 0.2) is 0 Å². The van der Waals surface area contributed by atoms with Gasteiger partial charge in [-0.15, -0.1) is 5.11 Å². The monoisotopic (exact) mass is 341 g/mol. The summed E-state index contributed by atoms with van der Waals surface area (Å²) >= 11 is 0. The lowest BCUT2D eigenvalue weighted by Gasteiger charge is -2.05. The van der Waals surface area contributed by atoms with Gasteiger partial charge in [-0.3, -0.25) is 0 Å². The molecule has 0 spiro atoms. The molecule has 0 aliphatic carbocycles. The molecule has 0 aliphatic rings. The van der Waals surface area contributed by atoms with E-state index in [9.17, 15) is 13.5 Å². The van der Waals surface area contributed by atoms with Crippen LogP contribution in [0.4, 0.5) is 11.4 Å². The lowest BCUT2D eigenvalue weighted by atomic mass is 10.1. The largest absolute Gasteiger partial charge is 0.506 e.